The monoisotopic (exact) mass is 335 g/mol. The van der Waals surface area contributed by atoms with Crippen LogP contribution in [0.3, 0.4) is 0 Å². The lowest BCUT2D eigenvalue weighted by molar-refractivity contribution is -0.150. The highest BCUT2D eigenvalue weighted by atomic mass is 35.5. The number of carbonyl (C=O) groups excluding carboxylic acids is 1. The number of hydrogen-bond donors (Lipinski definition) is 0. The third-order valence-electron chi connectivity index (χ3n) is 3.91. The van der Waals surface area contributed by atoms with Gasteiger partial charge in [0.15, 0.2) is 0 Å². The zero-order valence-electron chi connectivity index (χ0n) is 12.4. The van der Waals surface area contributed by atoms with Crippen LogP contribution in [0.25, 0.3) is 0 Å². The molecule has 0 radical (unpaired) electrons. The van der Waals surface area contributed by atoms with Crippen LogP contribution in [0.2, 0.25) is 5.02 Å². The standard InChI is InChI=1S/C17H18ClNO2S/c1-2-21-17(20)16-13-8-10-22-15(13)7-9-19(16)11-12-5-3-4-6-14(12)18/h3-6,8,10,16H,2,7,9,11H2,1H3. The Bertz CT molecular complexity index is 670. The Hall–Kier alpha value is -1.36. The fraction of sp³-hybridized carbons (Fsp3) is 0.353. The molecule has 0 spiro atoms. The van der Waals surface area contributed by atoms with Crippen molar-refractivity contribution in [1.82, 2.24) is 4.90 Å². The van der Waals surface area contributed by atoms with Gasteiger partial charge in [0.25, 0.3) is 0 Å². The van der Waals surface area contributed by atoms with Gasteiger partial charge < -0.3 is 4.74 Å². The molecule has 0 bridgehead atoms. The molecule has 0 aliphatic carbocycles. The van der Waals surface area contributed by atoms with E-state index in [1.165, 1.54) is 4.88 Å². The average Bonchev–Trinajstić information content (AvgIpc) is 2.98. The van der Waals surface area contributed by atoms with Crippen LogP contribution >= 0.6 is 22.9 Å². The summed E-state index contributed by atoms with van der Waals surface area (Å²) in [5, 5.41) is 2.79. The summed E-state index contributed by atoms with van der Waals surface area (Å²) in [5.74, 6) is -0.172. The van der Waals surface area contributed by atoms with Crippen LogP contribution in [0.4, 0.5) is 0 Å². The number of benzene rings is 1. The molecule has 1 atom stereocenters. The van der Waals surface area contributed by atoms with E-state index in [9.17, 15) is 4.79 Å². The molecule has 0 saturated carbocycles. The summed E-state index contributed by atoms with van der Waals surface area (Å²) in [6, 6.07) is 9.50. The van der Waals surface area contributed by atoms with E-state index in [1.54, 1.807) is 11.3 Å². The van der Waals surface area contributed by atoms with Crippen molar-refractivity contribution in [2.24, 2.45) is 0 Å². The van der Waals surface area contributed by atoms with E-state index in [1.807, 2.05) is 37.3 Å². The van der Waals surface area contributed by atoms with Crippen LogP contribution in [0, 0.1) is 0 Å². The van der Waals surface area contributed by atoms with Gasteiger partial charge in [-0.15, -0.1) is 11.3 Å². The minimum absolute atomic E-state index is 0.172. The van der Waals surface area contributed by atoms with Crippen molar-refractivity contribution < 1.29 is 9.53 Å². The van der Waals surface area contributed by atoms with E-state index in [2.05, 4.69) is 10.3 Å². The molecule has 3 nitrogen and oxygen atoms in total. The van der Waals surface area contributed by atoms with Crippen molar-refractivity contribution in [2.75, 3.05) is 13.2 Å². The van der Waals surface area contributed by atoms with Crippen molar-refractivity contribution in [3.05, 3.63) is 56.7 Å². The molecule has 1 aromatic heterocycles. The molecule has 0 saturated heterocycles. The number of ether oxygens (including phenoxy) is 1. The minimum Gasteiger partial charge on any atom is -0.465 e. The molecule has 1 aliphatic rings. The lowest BCUT2D eigenvalue weighted by Gasteiger charge is -2.34. The minimum atomic E-state index is -0.328. The topological polar surface area (TPSA) is 29.5 Å². The smallest absolute Gasteiger partial charge is 0.328 e. The van der Waals surface area contributed by atoms with Crippen LogP contribution in [-0.2, 0) is 22.5 Å². The highest BCUT2D eigenvalue weighted by Crippen LogP contribution is 2.35. The Morgan fingerprint density at radius 2 is 2.23 bits per heavy atom. The van der Waals surface area contributed by atoms with Gasteiger partial charge in [0, 0.05) is 23.0 Å². The van der Waals surface area contributed by atoms with Gasteiger partial charge in [-0.1, -0.05) is 29.8 Å². The molecule has 0 amide bonds. The van der Waals surface area contributed by atoms with Gasteiger partial charge in [-0.2, -0.15) is 0 Å². The molecule has 2 heterocycles. The largest absolute Gasteiger partial charge is 0.465 e. The molecule has 22 heavy (non-hydrogen) atoms. The van der Waals surface area contributed by atoms with Crippen LogP contribution in [0.1, 0.15) is 29.0 Å². The summed E-state index contributed by atoms with van der Waals surface area (Å²) in [6.45, 7) is 3.73. The number of rotatable bonds is 4. The maximum atomic E-state index is 12.5. The molecule has 0 fully saturated rings. The normalized spacial score (nSPS) is 18.0. The first kappa shape index (κ1) is 15.5. The van der Waals surface area contributed by atoms with E-state index < -0.39 is 0 Å². The number of nitrogens with zero attached hydrogens (tertiary/aromatic N) is 1. The van der Waals surface area contributed by atoms with E-state index in [0.717, 1.165) is 29.1 Å². The van der Waals surface area contributed by atoms with Crippen molar-refractivity contribution in [2.45, 2.75) is 25.9 Å². The maximum Gasteiger partial charge on any atom is 0.328 e. The lowest BCUT2D eigenvalue weighted by Crippen LogP contribution is -2.39. The van der Waals surface area contributed by atoms with Crippen LogP contribution in [0.15, 0.2) is 35.7 Å². The molecule has 1 aromatic carbocycles. The second-order valence-electron chi connectivity index (χ2n) is 5.27. The number of hydrogen-bond acceptors (Lipinski definition) is 4. The SMILES string of the molecule is CCOC(=O)C1c2ccsc2CCN1Cc1ccccc1Cl. The molecule has 3 rings (SSSR count). The molecule has 0 N–H and O–H groups in total. The van der Waals surface area contributed by atoms with Crippen LogP contribution in [0.5, 0.6) is 0 Å². The fourth-order valence-corrected chi connectivity index (χ4v) is 3.98. The molecule has 2 aromatic rings. The Morgan fingerprint density at radius 3 is 3.00 bits per heavy atom. The first-order valence-electron chi connectivity index (χ1n) is 7.41. The van der Waals surface area contributed by atoms with Gasteiger partial charge in [0.05, 0.1) is 6.61 Å². The Morgan fingerprint density at radius 1 is 1.41 bits per heavy atom. The van der Waals surface area contributed by atoms with Gasteiger partial charge in [0.2, 0.25) is 0 Å². The van der Waals surface area contributed by atoms with Gasteiger partial charge in [0.1, 0.15) is 6.04 Å². The third-order valence-corrected chi connectivity index (χ3v) is 5.27. The van der Waals surface area contributed by atoms with Crippen molar-refractivity contribution in [1.29, 1.82) is 0 Å². The zero-order valence-corrected chi connectivity index (χ0v) is 14.0. The van der Waals surface area contributed by atoms with Gasteiger partial charge >= 0.3 is 5.97 Å². The summed E-state index contributed by atoms with van der Waals surface area (Å²) in [6.07, 6.45) is 0.966. The second kappa shape index (κ2) is 6.82. The third kappa shape index (κ3) is 3.05. The number of thiophene rings is 1. The van der Waals surface area contributed by atoms with E-state index >= 15 is 0 Å². The zero-order chi connectivity index (χ0) is 15.5. The fourth-order valence-electron chi connectivity index (χ4n) is 2.88. The van der Waals surface area contributed by atoms with Crippen molar-refractivity contribution >= 4 is 28.9 Å². The van der Waals surface area contributed by atoms with Gasteiger partial charge in [-0.25, -0.2) is 4.79 Å². The van der Waals surface area contributed by atoms with Crippen molar-refractivity contribution in [3.63, 3.8) is 0 Å². The number of esters is 1. The molecule has 1 aliphatic heterocycles. The summed E-state index contributed by atoms with van der Waals surface area (Å²) >= 11 is 7.99. The molecule has 1 unspecified atom stereocenters. The predicted molar refractivity (Wildman–Crippen MR) is 89.3 cm³/mol. The Balaban J connectivity index is 1.89. The van der Waals surface area contributed by atoms with E-state index in [-0.39, 0.29) is 12.0 Å². The summed E-state index contributed by atoms with van der Waals surface area (Å²) in [4.78, 5) is 15.9. The molecular weight excluding hydrogens is 318 g/mol. The second-order valence-corrected chi connectivity index (χ2v) is 6.67. The van der Waals surface area contributed by atoms with Crippen LogP contribution < -0.4 is 0 Å². The maximum absolute atomic E-state index is 12.5. The molecule has 116 valence electrons. The molecular formula is C17H18ClNO2S. The quantitative estimate of drug-likeness (QED) is 0.789. The first-order chi connectivity index (χ1) is 10.7. The highest BCUT2D eigenvalue weighted by molar-refractivity contribution is 7.10. The summed E-state index contributed by atoms with van der Waals surface area (Å²) in [7, 11) is 0. The summed E-state index contributed by atoms with van der Waals surface area (Å²) < 4.78 is 5.30. The lowest BCUT2D eigenvalue weighted by atomic mass is 9.99. The highest BCUT2D eigenvalue weighted by Gasteiger charge is 2.34. The van der Waals surface area contributed by atoms with E-state index in [0.29, 0.717) is 13.2 Å². The number of carbonyl (C=O) groups is 1. The summed E-state index contributed by atoms with van der Waals surface area (Å²) in [5.41, 5.74) is 2.12. The van der Waals surface area contributed by atoms with Gasteiger partial charge in [-0.05, 0) is 42.0 Å². The average molecular weight is 336 g/mol. The molecule has 5 heteroatoms. The van der Waals surface area contributed by atoms with Gasteiger partial charge in [-0.3, -0.25) is 4.90 Å². The van der Waals surface area contributed by atoms with Crippen molar-refractivity contribution in [3.8, 4) is 0 Å². The Kier molecular flexibility index (Phi) is 4.81. The van der Waals surface area contributed by atoms with Crippen LogP contribution in [-0.4, -0.2) is 24.0 Å². The number of fused-ring (bicyclic) bond motifs is 1. The first-order valence-corrected chi connectivity index (χ1v) is 8.66. The number of halogens is 1. The predicted octanol–water partition coefficient (Wildman–Crippen LogP) is 4.06. The van der Waals surface area contributed by atoms with E-state index in [4.69, 9.17) is 16.3 Å². The Labute approximate surface area is 139 Å².